The smallest absolute Gasteiger partial charge is 0.254 e. The van der Waals surface area contributed by atoms with Crippen LogP contribution in [0.3, 0.4) is 0 Å². The molecular formula is C18H25FN4O. The summed E-state index contributed by atoms with van der Waals surface area (Å²) >= 11 is 0. The fraction of sp³-hybridized carbons (Fsp3) is 0.444. The fourth-order valence-electron chi connectivity index (χ4n) is 2.56. The summed E-state index contributed by atoms with van der Waals surface area (Å²) < 4.78 is 14.8. The van der Waals surface area contributed by atoms with Crippen LogP contribution in [0.25, 0.3) is 5.69 Å². The van der Waals surface area contributed by atoms with Crippen LogP contribution >= 0.6 is 0 Å². The highest BCUT2D eigenvalue weighted by atomic mass is 19.1. The third-order valence-electron chi connectivity index (χ3n) is 4.53. The van der Waals surface area contributed by atoms with Gasteiger partial charge in [0.25, 0.3) is 5.91 Å². The Morgan fingerprint density at radius 3 is 2.42 bits per heavy atom. The number of aromatic nitrogens is 2. The first-order valence-electron chi connectivity index (χ1n) is 8.34. The molecule has 1 heterocycles. The van der Waals surface area contributed by atoms with E-state index in [0.29, 0.717) is 18.5 Å². The Balaban J connectivity index is 2.22. The lowest BCUT2D eigenvalue weighted by Crippen LogP contribution is -2.49. The second-order valence-electron chi connectivity index (χ2n) is 6.00. The van der Waals surface area contributed by atoms with Crippen LogP contribution in [0.1, 0.15) is 49.7 Å². The molecule has 0 aliphatic rings. The molecular weight excluding hydrogens is 307 g/mol. The van der Waals surface area contributed by atoms with Gasteiger partial charge in [0.2, 0.25) is 0 Å². The number of nitrogens with zero attached hydrogens (tertiary/aromatic N) is 2. The Morgan fingerprint density at radius 2 is 1.88 bits per heavy atom. The molecule has 6 heteroatoms. The summed E-state index contributed by atoms with van der Waals surface area (Å²) in [6.07, 6.45) is 3.77. The molecule has 1 amide bonds. The van der Waals surface area contributed by atoms with Crippen molar-refractivity contribution in [3.05, 3.63) is 47.5 Å². The maximum atomic E-state index is 13.1. The van der Waals surface area contributed by atoms with Crippen LogP contribution < -0.4 is 11.1 Å². The summed E-state index contributed by atoms with van der Waals surface area (Å²) in [6, 6.07) is 6.04. The molecule has 2 aromatic rings. The van der Waals surface area contributed by atoms with E-state index in [0.717, 1.165) is 24.2 Å². The van der Waals surface area contributed by atoms with Gasteiger partial charge in [-0.05, 0) is 43.5 Å². The van der Waals surface area contributed by atoms with Crippen molar-refractivity contribution < 1.29 is 9.18 Å². The number of rotatable bonds is 7. The minimum Gasteiger partial charge on any atom is -0.350 e. The molecule has 1 aromatic carbocycles. The lowest BCUT2D eigenvalue weighted by atomic mass is 9.94. The molecule has 0 fully saturated rings. The standard InChI is InChI=1S/C18H25FN4O/c1-4-16-15(17(24)21-12-18(20,5-2)6-3)11-22-23(16)14-9-7-13(19)8-10-14/h7-11H,4-6,12,20H2,1-3H3,(H,21,24). The van der Waals surface area contributed by atoms with E-state index in [-0.39, 0.29) is 11.7 Å². The predicted octanol–water partition coefficient (Wildman–Crippen LogP) is 2.82. The number of halogens is 1. The summed E-state index contributed by atoms with van der Waals surface area (Å²) in [6.45, 7) is 6.40. The van der Waals surface area contributed by atoms with Crippen molar-refractivity contribution in [2.24, 2.45) is 5.73 Å². The highest BCUT2D eigenvalue weighted by Gasteiger charge is 2.23. The molecule has 0 spiro atoms. The average Bonchev–Trinajstić information content (AvgIpc) is 3.04. The molecule has 1 aromatic heterocycles. The first-order valence-corrected chi connectivity index (χ1v) is 8.34. The first-order chi connectivity index (χ1) is 11.4. The van der Waals surface area contributed by atoms with Gasteiger partial charge in [0, 0.05) is 12.1 Å². The Hall–Kier alpha value is -2.21. The largest absolute Gasteiger partial charge is 0.350 e. The van der Waals surface area contributed by atoms with E-state index < -0.39 is 5.54 Å². The number of amides is 1. The van der Waals surface area contributed by atoms with Crippen LogP contribution in [-0.4, -0.2) is 27.8 Å². The Kier molecular flexibility index (Phi) is 5.72. The van der Waals surface area contributed by atoms with E-state index in [2.05, 4.69) is 10.4 Å². The summed E-state index contributed by atoms with van der Waals surface area (Å²) in [4.78, 5) is 12.5. The summed E-state index contributed by atoms with van der Waals surface area (Å²) in [5.41, 5.74) is 7.87. The minimum absolute atomic E-state index is 0.183. The molecule has 2 rings (SSSR count). The van der Waals surface area contributed by atoms with E-state index in [1.807, 2.05) is 20.8 Å². The second-order valence-corrected chi connectivity index (χ2v) is 6.00. The molecule has 0 aliphatic heterocycles. The Labute approximate surface area is 142 Å². The molecule has 3 N–H and O–H groups in total. The number of nitrogens with two attached hydrogens (primary N) is 1. The molecule has 5 nitrogen and oxygen atoms in total. The van der Waals surface area contributed by atoms with Gasteiger partial charge >= 0.3 is 0 Å². The van der Waals surface area contributed by atoms with Gasteiger partial charge in [-0.1, -0.05) is 20.8 Å². The monoisotopic (exact) mass is 332 g/mol. The van der Waals surface area contributed by atoms with Crippen molar-refractivity contribution in [2.75, 3.05) is 6.54 Å². The second kappa shape index (κ2) is 7.57. The van der Waals surface area contributed by atoms with E-state index >= 15 is 0 Å². The van der Waals surface area contributed by atoms with Crippen LogP contribution in [0.4, 0.5) is 4.39 Å². The topological polar surface area (TPSA) is 72.9 Å². The molecule has 0 saturated heterocycles. The summed E-state index contributed by atoms with van der Waals surface area (Å²) in [5.74, 6) is -0.489. The van der Waals surface area contributed by atoms with Gasteiger partial charge in [-0.2, -0.15) is 5.10 Å². The van der Waals surface area contributed by atoms with Crippen LogP contribution in [0.15, 0.2) is 30.5 Å². The highest BCUT2D eigenvalue weighted by Crippen LogP contribution is 2.17. The van der Waals surface area contributed by atoms with E-state index in [4.69, 9.17) is 5.73 Å². The lowest BCUT2D eigenvalue weighted by Gasteiger charge is -2.26. The van der Waals surface area contributed by atoms with Crippen LogP contribution in [0.5, 0.6) is 0 Å². The van der Waals surface area contributed by atoms with Crippen LogP contribution in [-0.2, 0) is 6.42 Å². The number of hydrogen-bond donors (Lipinski definition) is 2. The lowest BCUT2D eigenvalue weighted by molar-refractivity contribution is 0.0941. The average molecular weight is 332 g/mol. The minimum atomic E-state index is -0.394. The molecule has 24 heavy (non-hydrogen) atoms. The summed E-state index contributed by atoms with van der Waals surface area (Å²) in [5, 5.41) is 7.21. The molecule has 0 radical (unpaired) electrons. The SMILES string of the molecule is CCc1c(C(=O)NCC(N)(CC)CC)cnn1-c1ccc(F)cc1. The number of benzene rings is 1. The zero-order valence-corrected chi connectivity index (χ0v) is 14.5. The van der Waals surface area contributed by atoms with Crippen molar-refractivity contribution in [1.82, 2.24) is 15.1 Å². The molecule has 0 aliphatic carbocycles. The van der Waals surface area contributed by atoms with E-state index in [1.54, 1.807) is 23.0 Å². The molecule has 0 saturated carbocycles. The Bertz CT molecular complexity index is 690. The molecule has 0 atom stereocenters. The van der Waals surface area contributed by atoms with Gasteiger partial charge < -0.3 is 11.1 Å². The number of carbonyl (C=O) groups is 1. The van der Waals surface area contributed by atoms with Gasteiger partial charge in [0.15, 0.2) is 0 Å². The molecule has 0 unspecified atom stereocenters. The maximum absolute atomic E-state index is 13.1. The third kappa shape index (κ3) is 3.82. The quantitative estimate of drug-likeness (QED) is 0.819. The maximum Gasteiger partial charge on any atom is 0.254 e. The fourth-order valence-corrected chi connectivity index (χ4v) is 2.56. The highest BCUT2D eigenvalue weighted by molar-refractivity contribution is 5.95. The number of carbonyl (C=O) groups excluding carboxylic acids is 1. The predicted molar refractivity (Wildman–Crippen MR) is 92.7 cm³/mol. The van der Waals surface area contributed by atoms with Crippen LogP contribution in [0.2, 0.25) is 0 Å². The molecule has 0 bridgehead atoms. The van der Waals surface area contributed by atoms with Crippen molar-refractivity contribution in [3.63, 3.8) is 0 Å². The van der Waals surface area contributed by atoms with Gasteiger partial charge in [0.05, 0.1) is 23.1 Å². The van der Waals surface area contributed by atoms with Crippen LogP contribution in [0, 0.1) is 5.82 Å². The number of nitrogens with one attached hydrogen (secondary N) is 1. The van der Waals surface area contributed by atoms with Crippen molar-refractivity contribution in [2.45, 2.75) is 45.6 Å². The van der Waals surface area contributed by atoms with Gasteiger partial charge in [-0.25, -0.2) is 9.07 Å². The van der Waals surface area contributed by atoms with Crippen molar-refractivity contribution in [3.8, 4) is 5.69 Å². The zero-order chi connectivity index (χ0) is 17.7. The normalized spacial score (nSPS) is 11.5. The third-order valence-corrected chi connectivity index (χ3v) is 4.53. The van der Waals surface area contributed by atoms with Gasteiger partial charge in [0.1, 0.15) is 5.82 Å². The molecule has 130 valence electrons. The zero-order valence-electron chi connectivity index (χ0n) is 14.5. The number of hydrogen-bond acceptors (Lipinski definition) is 3. The van der Waals surface area contributed by atoms with Crippen molar-refractivity contribution in [1.29, 1.82) is 0 Å². The van der Waals surface area contributed by atoms with E-state index in [1.165, 1.54) is 12.1 Å². The van der Waals surface area contributed by atoms with Gasteiger partial charge in [-0.15, -0.1) is 0 Å². The van der Waals surface area contributed by atoms with Crippen molar-refractivity contribution >= 4 is 5.91 Å². The Morgan fingerprint density at radius 1 is 1.25 bits per heavy atom. The van der Waals surface area contributed by atoms with Gasteiger partial charge in [-0.3, -0.25) is 4.79 Å². The first kappa shape index (κ1) is 18.1. The van der Waals surface area contributed by atoms with E-state index in [9.17, 15) is 9.18 Å². The summed E-state index contributed by atoms with van der Waals surface area (Å²) in [7, 11) is 0.